The summed E-state index contributed by atoms with van der Waals surface area (Å²) in [5.41, 5.74) is 0. The van der Waals surface area contributed by atoms with Crippen LogP contribution in [-0.2, 0) is 0 Å². The summed E-state index contributed by atoms with van der Waals surface area (Å²) in [5, 5.41) is 0.278. The van der Waals surface area contributed by atoms with E-state index in [1.54, 1.807) is 0 Å². The summed E-state index contributed by atoms with van der Waals surface area (Å²) in [6, 6.07) is 1.46. The van der Waals surface area contributed by atoms with Crippen LogP contribution in [0.4, 0.5) is 8.78 Å². The van der Waals surface area contributed by atoms with Gasteiger partial charge in [-0.25, -0.2) is 4.98 Å². The van der Waals surface area contributed by atoms with Gasteiger partial charge in [-0.2, -0.15) is 8.78 Å². The summed E-state index contributed by atoms with van der Waals surface area (Å²) in [4.78, 5) is 3.55. The Morgan fingerprint density at radius 1 is 1.58 bits per heavy atom. The molecule has 0 bridgehead atoms. The molecular weight excluding hydrogens is 255 g/mol. The van der Waals surface area contributed by atoms with Crippen LogP contribution in [0.3, 0.4) is 0 Å². The highest BCUT2D eigenvalue weighted by atomic mass is 79.9. The van der Waals surface area contributed by atoms with Crippen molar-refractivity contribution in [2.24, 2.45) is 0 Å². The normalized spacial score (nSPS) is 10.4. The van der Waals surface area contributed by atoms with Gasteiger partial charge in [0.25, 0.3) is 0 Å². The molecule has 0 N–H and O–H groups in total. The van der Waals surface area contributed by atoms with E-state index in [1.807, 2.05) is 0 Å². The summed E-state index contributed by atoms with van der Waals surface area (Å²) >= 11 is 8.54. The van der Waals surface area contributed by atoms with Crippen molar-refractivity contribution in [3.8, 4) is 5.88 Å². The van der Waals surface area contributed by atoms with E-state index in [0.717, 1.165) is 0 Å². The van der Waals surface area contributed by atoms with Gasteiger partial charge < -0.3 is 4.74 Å². The van der Waals surface area contributed by atoms with Crippen molar-refractivity contribution in [1.82, 2.24) is 4.98 Å². The molecule has 1 heterocycles. The number of halogens is 4. The first-order valence-electron chi connectivity index (χ1n) is 2.86. The van der Waals surface area contributed by atoms with Crippen molar-refractivity contribution in [2.75, 3.05) is 0 Å². The molecule has 0 amide bonds. The molecule has 1 aromatic heterocycles. The molecule has 0 aliphatic carbocycles. The zero-order chi connectivity index (χ0) is 9.14. The van der Waals surface area contributed by atoms with Crippen LogP contribution in [0.25, 0.3) is 0 Å². The molecule has 1 aromatic rings. The number of aromatic nitrogens is 1. The third-order valence-corrected chi connectivity index (χ3v) is 2.32. The largest absolute Gasteiger partial charge is 0.416 e. The lowest BCUT2D eigenvalue weighted by atomic mass is 10.5. The predicted molar refractivity (Wildman–Crippen MR) is 43.6 cm³/mol. The number of hydrogen-bond acceptors (Lipinski definition) is 2. The first kappa shape index (κ1) is 9.67. The highest BCUT2D eigenvalue weighted by Crippen LogP contribution is 2.30. The average Bonchev–Trinajstić information content (AvgIpc) is 1.98. The van der Waals surface area contributed by atoms with Gasteiger partial charge >= 0.3 is 6.61 Å². The zero-order valence-electron chi connectivity index (χ0n) is 5.60. The van der Waals surface area contributed by atoms with Crippen LogP contribution < -0.4 is 4.74 Å². The van der Waals surface area contributed by atoms with Gasteiger partial charge in [0.05, 0.1) is 9.50 Å². The van der Waals surface area contributed by atoms with Gasteiger partial charge in [0.2, 0.25) is 5.88 Å². The van der Waals surface area contributed by atoms with Crippen LogP contribution in [-0.4, -0.2) is 11.6 Å². The maximum atomic E-state index is 11.7. The monoisotopic (exact) mass is 257 g/mol. The summed E-state index contributed by atoms with van der Waals surface area (Å²) < 4.78 is 27.7. The van der Waals surface area contributed by atoms with E-state index in [-0.39, 0.29) is 15.4 Å². The van der Waals surface area contributed by atoms with Crippen LogP contribution >= 0.6 is 27.5 Å². The van der Waals surface area contributed by atoms with Crippen molar-refractivity contribution >= 4 is 27.5 Å². The fourth-order valence-electron chi connectivity index (χ4n) is 0.569. The Morgan fingerprint density at radius 3 is 2.83 bits per heavy atom. The molecule has 0 atom stereocenters. The molecule has 2 nitrogen and oxygen atoms in total. The fraction of sp³-hybridized carbons (Fsp3) is 0.167. The van der Waals surface area contributed by atoms with Crippen molar-refractivity contribution in [1.29, 1.82) is 0 Å². The maximum absolute atomic E-state index is 11.7. The van der Waals surface area contributed by atoms with Gasteiger partial charge in [-0.1, -0.05) is 11.6 Å². The summed E-state index contributed by atoms with van der Waals surface area (Å²) in [6.07, 6.45) is 1.28. The standard InChI is InChI=1S/C6H3BrClF2NO/c7-4-3(8)1-2-11-5(4)12-6(9)10/h1-2,6H. The Labute approximate surface area is 80.6 Å². The Morgan fingerprint density at radius 2 is 2.25 bits per heavy atom. The fourth-order valence-corrected chi connectivity index (χ4v) is 1.03. The number of alkyl halides is 2. The van der Waals surface area contributed by atoms with Gasteiger partial charge in [-0.05, 0) is 22.0 Å². The predicted octanol–water partition coefficient (Wildman–Crippen LogP) is 3.10. The maximum Gasteiger partial charge on any atom is 0.388 e. The molecule has 0 unspecified atom stereocenters. The smallest absolute Gasteiger partial charge is 0.388 e. The van der Waals surface area contributed by atoms with Gasteiger partial charge in [0.15, 0.2) is 0 Å². The SMILES string of the molecule is FC(F)Oc1nccc(Cl)c1Br. The molecule has 66 valence electrons. The van der Waals surface area contributed by atoms with E-state index in [1.165, 1.54) is 12.3 Å². The molecule has 0 aromatic carbocycles. The Bertz CT molecular complexity index is 284. The number of nitrogens with zero attached hydrogens (tertiary/aromatic N) is 1. The number of pyridine rings is 1. The van der Waals surface area contributed by atoms with E-state index in [4.69, 9.17) is 11.6 Å². The minimum absolute atomic E-state index is 0.211. The summed E-state index contributed by atoms with van der Waals surface area (Å²) in [5.74, 6) is -0.211. The second kappa shape index (κ2) is 4.00. The minimum atomic E-state index is -2.90. The minimum Gasteiger partial charge on any atom is -0.416 e. The van der Waals surface area contributed by atoms with Crippen LogP contribution in [0.2, 0.25) is 5.02 Å². The Hall–Kier alpha value is -0.420. The molecule has 0 fully saturated rings. The lowest BCUT2D eigenvalue weighted by Crippen LogP contribution is -2.03. The van der Waals surface area contributed by atoms with Gasteiger partial charge in [-0.3, -0.25) is 0 Å². The van der Waals surface area contributed by atoms with Gasteiger partial charge in [0, 0.05) is 6.20 Å². The molecule has 0 aliphatic heterocycles. The van der Waals surface area contributed by atoms with Gasteiger partial charge in [-0.15, -0.1) is 0 Å². The van der Waals surface area contributed by atoms with Crippen molar-refractivity contribution in [3.63, 3.8) is 0 Å². The van der Waals surface area contributed by atoms with Crippen molar-refractivity contribution in [3.05, 3.63) is 21.8 Å². The molecular formula is C6H3BrClF2NO. The lowest BCUT2D eigenvalue weighted by Gasteiger charge is -2.05. The van der Waals surface area contributed by atoms with E-state index in [2.05, 4.69) is 25.7 Å². The van der Waals surface area contributed by atoms with E-state index in [0.29, 0.717) is 0 Å². The summed E-state index contributed by atoms with van der Waals surface area (Å²) in [6.45, 7) is -2.90. The molecule has 6 heteroatoms. The first-order valence-corrected chi connectivity index (χ1v) is 4.03. The topological polar surface area (TPSA) is 22.1 Å². The quantitative estimate of drug-likeness (QED) is 0.813. The second-order valence-electron chi connectivity index (χ2n) is 1.79. The van der Waals surface area contributed by atoms with Crippen LogP contribution in [0.1, 0.15) is 0 Å². The zero-order valence-corrected chi connectivity index (χ0v) is 7.94. The van der Waals surface area contributed by atoms with E-state index < -0.39 is 6.61 Å². The number of rotatable bonds is 2. The molecule has 1 rings (SSSR count). The third-order valence-electron chi connectivity index (χ3n) is 1.01. The Balaban J connectivity index is 2.92. The highest BCUT2D eigenvalue weighted by molar-refractivity contribution is 9.10. The first-order chi connectivity index (χ1) is 5.61. The van der Waals surface area contributed by atoms with Gasteiger partial charge in [0.1, 0.15) is 0 Å². The molecule has 0 spiro atoms. The van der Waals surface area contributed by atoms with Crippen LogP contribution in [0.5, 0.6) is 5.88 Å². The lowest BCUT2D eigenvalue weighted by molar-refractivity contribution is -0.0533. The van der Waals surface area contributed by atoms with Crippen LogP contribution in [0.15, 0.2) is 16.7 Å². The van der Waals surface area contributed by atoms with E-state index >= 15 is 0 Å². The molecule has 0 saturated carbocycles. The van der Waals surface area contributed by atoms with Crippen LogP contribution in [0, 0.1) is 0 Å². The third kappa shape index (κ3) is 2.28. The highest BCUT2D eigenvalue weighted by Gasteiger charge is 2.11. The second-order valence-corrected chi connectivity index (χ2v) is 2.99. The number of ether oxygens (including phenoxy) is 1. The van der Waals surface area contributed by atoms with Crippen molar-refractivity contribution in [2.45, 2.75) is 6.61 Å². The Kier molecular flexibility index (Phi) is 3.22. The molecule has 0 saturated heterocycles. The molecule has 0 radical (unpaired) electrons. The molecule has 12 heavy (non-hydrogen) atoms. The summed E-state index contributed by atoms with van der Waals surface area (Å²) in [7, 11) is 0. The van der Waals surface area contributed by atoms with E-state index in [9.17, 15) is 8.78 Å². The number of hydrogen-bond donors (Lipinski definition) is 0. The average molecular weight is 258 g/mol. The molecule has 0 aliphatic rings. The van der Waals surface area contributed by atoms with Crippen molar-refractivity contribution < 1.29 is 13.5 Å².